The van der Waals surface area contributed by atoms with Gasteiger partial charge in [-0.1, -0.05) is 12.1 Å². The van der Waals surface area contributed by atoms with Crippen LogP contribution in [-0.2, 0) is 0 Å². The van der Waals surface area contributed by atoms with Crippen LogP contribution in [-0.4, -0.2) is 35.5 Å². The molecule has 0 aliphatic heterocycles. The largest absolute Gasteiger partial charge is 0.468 e. The molecule has 0 spiro atoms. The lowest BCUT2D eigenvalue weighted by Gasteiger charge is -2.10. The Labute approximate surface area is 132 Å². The lowest BCUT2D eigenvalue weighted by atomic mass is 10.2. The van der Waals surface area contributed by atoms with Crippen LogP contribution in [0.2, 0.25) is 0 Å². The van der Waals surface area contributed by atoms with Crippen molar-refractivity contribution in [2.45, 2.75) is 12.4 Å². The molecule has 0 amide bonds. The molecule has 0 atom stereocenters. The smallest absolute Gasteiger partial charge is 0.422 e. The third-order valence-corrected chi connectivity index (χ3v) is 2.48. The first-order valence-corrected chi connectivity index (χ1v) is 6.46. The van der Waals surface area contributed by atoms with Crippen molar-refractivity contribution in [1.82, 2.24) is 9.97 Å². The summed E-state index contributed by atoms with van der Waals surface area (Å²) < 4.78 is 81.8. The summed E-state index contributed by atoms with van der Waals surface area (Å²) in [6.07, 6.45) is -9.03. The molecule has 2 rings (SSSR count). The van der Waals surface area contributed by atoms with E-state index in [1.54, 1.807) is 0 Å². The summed E-state index contributed by atoms with van der Waals surface area (Å²) in [4.78, 5) is 7.67. The average Bonchev–Trinajstić information content (AvgIpc) is 2.50. The van der Waals surface area contributed by atoms with E-state index in [1.165, 1.54) is 36.4 Å². The zero-order chi connectivity index (χ0) is 17.8. The standard InChI is InChI=1S/C14H10F6N2O2/c15-13(16,17)7-23-11-5-1-3-9(21-11)10-4-2-6-12(22-10)24-8-14(18,19)20/h1-6H,7-8H2. The Bertz CT molecular complexity index is 628. The molecule has 2 aromatic rings. The van der Waals surface area contributed by atoms with Crippen molar-refractivity contribution in [3.63, 3.8) is 0 Å². The SMILES string of the molecule is FC(F)(F)COc1cccc(-c2cccc(OCC(F)(F)F)n2)n1. The summed E-state index contributed by atoms with van der Waals surface area (Å²) >= 11 is 0. The lowest BCUT2D eigenvalue weighted by Crippen LogP contribution is -2.20. The number of rotatable bonds is 5. The minimum absolute atomic E-state index is 0.132. The molecule has 0 saturated heterocycles. The van der Waals surface area contributed by atoms with Gasteiger partial charge in [-0.2, -0.15) is 26.3 Å². The van der Waals surface area contributed by atoms with Gasteiger partial charge in [0.05, 0.1) is 11.4 Å². The van der Waals surface area contributed by atoms with Crippen molar-refractivity contribution in [3.05, 3.63) is 36.4 Å². The van der Waals surface area contributed by atoms with Gasteiger partial charge in [0.1, 0.15) is 0 Å². The second-order valence-corrected chi connectivity index (χ2v) is 4.53. The third kappa shape index (κ3) is 5.94. The first-order chi connectivity index (χ1) is 11.1. The van der Waals surface area contributed by atoms with Crippen LogP contribution < -0.4 is 9.47 Å². The Balaban J connectivity index is 2.13. The van der Waals surface area contributed by atoms with Crippen LogP contribution in [0.1, 0.15) is 0 Å². The number of pyridine rings is 2. The van der Waals surface area contributed by atoms with Crippen molar-refractivity contribution in [2.24, 2.45) is 0 Å². The zero-order valence-electron chi connectivity index (χ0n) is 11.9. The average molecular weight is 352 g/mol. The Kier molecular flexibility index (Phi) is 5.15. The van der Waals surface area contributed by atoms with E-state index in [9.17, 15) is 26.3 Å². The summed E-state index contributed by atoms with van der Waals surface area (Å²) in [6.45, 7) is -3.02. The van der Waals surface area contributed by atoms with E-state index in [0.29, 0.717) is 0 Å². The predicted octanol–water partition coefficient (Wildman–Crippen LogP) is 4.03. The molecular weight excluding hydrogens is 342 g/mol. The molecule has 0 saturated carbocycles. The molecule has 4 nitrogen and oxygen atoms in total. The van der Waals surface area contributed by atoms with E-state index in [1.807, 2.05) is 0 Å². The molecule has 2 aromatic heterocycles. The Morgan fingerprint density at radius 2 is 1.04 bits per heavy atom. The fourth-order valence-corrected chi connectivity index (χ4v) is 1.59. The van der Waals surface area contributed by atoms with E-state index < -0.39 is 25.6 Å². The molecule has 0 fully saturated rings. The maximum atomic E-state index is 12.1. The Morgan fingerprint density at radius 3 is 1.38 bits per heavy atom. The van der Waals surface area contributed by atoms with E-state index >= 15 is 0 Å². The van der Waals surface area contributed by atoms with E-state index in [-0.39, 0.29) is 23.1 Å². The number of alkyl halides is 6. The Morgan fingerprint density at radius 1 is 0.667 bits per heavy atom. The van der Waals surface area contributed by atoms with Crippen LogP contribution in [0, 0.1) is 0 Å². The van der Waals surface area contributed by atoms with Crippen molar-refractivity contribution in [3.8, 4) is 23.1 Å². The predicted molar refractivity (Wildman–Crippen MR) is 70.6 cm³/mol. The van der Waals surface area contributed by atoms with Crippen LogP contribution in [0.4, 0.5) is 26.3 Å². The number of nitrogens with zero attached hydrogens (tertiary/aromatic N) is 2. The van der Waals surface area contributed by atoms with Crippen molar-refractivity contribution in [1.29, 1.82) is 0 Å². The summed E-state index contributed by atoms with van der Waals surface area (Å²) in [6, 6.07) is 8.07. The van der Waals surface area contributed by atoms with Crippen LogP contribution in [0.15, 0.2) is 36.4 Å². The summed E-state index contributed by atoms with van der Waals surface area (Å²) in [7, 11) is 0. The number of halogens is 6. The first kappa shape index (κ1) is 17.8. The molecular formula is C14H10F6N2O2. The Hall–Kier alpha value is -2.52. The molecule has 0 aromatic carbocycles. The van der Waals surface area contributed by atoms with Gasteiger partial charge in [-0.05, 0) is 12.1 Å². The second kappa shape index (κ2) is 6.93. The van der Waals surface area contributed by atoms with Gasteiger partial charge in [-0.25, -0.2) is 9.97 Å². The quantitative estimate of drug-likeness (QED) is 0.763. The fourth-order valence-electron chi connectivity index (χ4n) is 1.59. The minimum atomic E-state index is -4.51. The lowest BCUT2D eigenvalue weighted by molar-refractivity contribution is -0.154. The van der Waals surface area contributed by atoms with Crippen LogP contribution in [0.25, 0.3) is 11.4 Å². The molecule has 2 heterocycles. The molecule has 130 valence electrons. The van der Waals surface area contributed by atoms with Crippen LogP contribution in [0.3, 0.4) is 0 Å². The van der Waals surface area contributed by atoms with Crippen LogP contribution in [0.5, 0.6) is 11.8 Å². The zero-order valence-corrected chi connectivity index (χ0v) is 11.9. The number of hydrogen-bond donors (Lipinski definition) is 0. The van der Waals surface area contributed by atoms with Crippen molar-refractivity contribution >= 4 is 0 Å². The highest BCUT2D eigenvalue weighted by Gasteiger charge is 2.29. The van der Waals surface area contributed by atoms with Crippen LogP contribution >= 0.6 is 0 Å². The van der Waals surface area contributed by atoms with E-state index in [0.717, 1.165) is 0 Å². The van der Waals surface area contributed by atoms with Gasteiger partial charge in [-0.15, -0.1) is 0 Å². The van der Waals surface area contributed by atoms with E-state index in [4.69, 9.17) is 0 Å². The monoisotopic (exact) mass is 352 g/mol. The van der Waals surface area contributed by atoms with Gasteiger partial charge in [0.25, 0.3) is 0 Å². The van der Waals surface area contributed by atoms with Gasteiger partial charge in [0.15, 0.2) is 13.2 Å². The van der Waals surface area contributed by atoms with Gasteiger partial charge in [0.2, 0.25) is 11.8 Å². The topological polar surface area (TPSA) is 44.2 Å². The van der Waals surface area contributed by atoms with Gasteiger partial charge in [0, 0.05) is 12.1 Å². The minimum Gasteiger partial charge on any atom is -0.468 e. The number of ether oxygens (including phenoxy) is 2. The van der Waals surface area contributed by atoms with Gasteiger partial charge in [-0.3, -0.25) is 0 Å². The highest BCUT2D eigenvalue weighted by atomic mass is 19.4. The second-order valence-electron chi connectivity index (χ2n) is 4.53. The number of hydrogen-bond acceptors (Lipinski definition) is 4. The molecule has 0 N–H and O–H groups in total. The highest BCUT2D eigenvalue weighted by Crippen LogP contribution is 2.23. The van der Waals surface area contributed by atoms with Crippen molar-refractivity contribution < 1.29 is 35.8 Å². The molecule has 24 heavy (non-hydrogen) atoms. The molecule has 0 aliphatic carbocycles. The summed E-state index contributed by atoms with van der Waals surface area (Å²) in [5.41, 5.74) is 0.263. The van der Waals surface area contributed by atoms with Gasteiger partial charge >= 0.3 is 12.4 Å². The molecule has 0 unspecified atom stereocenters. The molecule has 0 aliphatic rings. The normalized spacial score (nSPS) is 12.1. The summed E-state index contributed by atoms with van der Waals surface area (Å²) in [5, 5.41) is 0. The molecule has 0 radical (unpaired) electrons. The van der Waals surface area contributed by atoms with Gasteiger partial charge < -0.3 is 9.47 Å². The third-order valence-electron chi connectivity index (χ3n) is 2.48. The first-order valence-electron chi connectivity index (χ1n) is 6.46. The van der Waals surface area contributed by atoms with Crippen molar-refractivity contribution in [2.75, 3.05) is 13.2 Å². The molecule has 10 heteroatoms. The highest BCUT2D eigenvalue weighted by molar-refractivity contribution is 5.55. The fraction of sp³-hybridized carbons (Fsp3) is 0.286. The summed E-state index contributed by atoms with van der Waals surface area (Å²) in [5.74, 6) is -0.568. The maximum absolute atomic E-state index is 12.1. The maximum Gasteiger partial charge on any atom is 0.422 e. The number of aromatic nitrogens is 2. The van der Waals surface area contributed by atoms with E-state index in [2.05, 4.69) is 19.4 Å². The molecule has 0 bridgehead atoms.